The van der Waals surface area contributed by atoms with Gasteiger partial charge in [0.25, 0.3) is 0 Å². The van der Waals surface area contributed by atoms with Gasteiger partial charge >= 0.3 is 5.97 Å². The highest BCUT2D eigenvalue weighted by Gasteiger charge is 2.75. The van der Waals surface area contributed by atoms with Gasteiger partial charge in [-0.25, -0.2) is 0 Å². The molecule has 1 spiro atoms. The second-order valence-corrected chi connectivity index (χ2v) is 14.3. The minimum Gasteiger partial charge on any atom is -0.465 e. The lowest BCUT2D eigenvalue weighted by molar-refractivity contribution is -0.163. The lowest BCUT2D eigenvalue weighted by atomic mass is 9.74. The van der Waals surface area contributed by atoms with Crippen molar-refractivity contribution in [2.45, 2.75) is 96.1 Å². The molecule has 8 heteroatoms. The number of amides is 2. The number of carbonyl (C=O) groups is 3. The molecule has 2 amide bonds. The fourth-order valence-corrected chi connectivity index (χ4v) is 8.04. The van der Waals surface area contributed by atoms with E-state index in [2.05, 4.69) is 34.6 Å². The largest absolute Gasteiger partial charge is 0.465 e. The Morgan fingerprint density at radius 3 is 2.36 bits per heavy atom. The first-order valence-electron chi connectivity index (χ1n) is 15.3. The summed E-state index contributed by atoms with van der Waals surface area (Å²) in [6.07, 6.45) is 10.8. The molecule has 4 heterocycles. The van der Waals surface area contributed by atoms with Crippen molar-refractivity contribution < 1.29 is 29.0 Å². The average Bonchev–Trinajstić information content (AvgIpc) is 3.23. The van der Waals surface area contributed by atoms with Crippen molar-refractivity contribution >= 4 is 17.8 Å². The van der Waals surface area contributed by atoms with Crippen molar-refractivity contribution in [2.75, 3.05) is 19.8 Å². The van der Waals surface area contributed by atoms with Gasteiger partial charge in [-0.3, -0.25) is 14.4 Å². The molecule has 4 aliphatic rings. The molecule has 2 fully saturated rings. The standard InChI is InChI=1S/C34H46N2O6/c1-31(2,3)22-32(4,5)35-19-14-18-34-25(26-30(40)41-20-13-8-7-12-17-33(26,6)42-34)28(38)36(27(34)29(35)39)24(21-37)23-15-10-9-11-16-23/h9-12,14-18,24-27,37H,7-8,13,19-22H2,1-6H3/b17-12-/t24-,25+,26-,27?,33+,34+/m1/s1. The topological polar surface area (TPSA) is 96.4 Å². The first-order chi connectivity index (χ1) is 19.8. The van der Waals surface area contributed by atoms with E-state index in [0.29, 0.717) is 12.1 Å². The highest BCUT2D eigenvalue weighted by Crippen LogP contribution is 2.58. The number of benzene rings is 1. The quantitative estimate of drug-likeness (QED) is 0.406. The number of fused-ring (bicyclic) bond motifs is 2. The molecule has 0 saturated carbocycles. The van der Waals surface area contributed by atoms with Gasteiger partial charge in [0.1, 0.15) is 17.6 Å². The molecule has 0 bridgehead atoms. The van der Waals surface area contributed by atoms with Crippen molar-refractivity contribution in [3.63, 3.8) is 0 Å². The van der Waals surface area contributed by atoms with Gasteiger partial charge in [-0.2, -0.15) is 0 Å². The molecule has 1 N–H and O–H groups in total. The normalized spacial score (nSPS) is 33.4. The van der Waals surface area contributed by atoms with E-state index in [4.69, 9.17) is 9.47 Å². The minimum absolute atomic E-state index is 0.0583. The van der Waals surface area contributed by atoms with Crippen LogP contribution >= 0.6 is 0 Å². The highest BCUT2D eigenvalue weighted by atomic mass is 16.6. The summed E-state index contributed by atoms with van der Waals surface area (Å²) in [5.41, 5.74) is -2.46. The van der Waals surface area contributed by atoms with Crippen molar-refractivity contribution in [3.05, 3.63) is 60.2 Å². The smallest absolute Gasteiger partial charge is 0.313 e. The Labute approximate surface area is 249 Å². The summed E-state index contributed by atoms with van der Waals surface area (Å²) in [6.45, 7) is 12.6. The molecule has 1 aromatic carbocycles. The van der Waals surface area contributed by atoms with E-state index in [0.717, 1.165) is 25.7 Å². The van der Waals surface area contributed by atoms with Crippen LogP contribution in [0.1, 0.15) is 78.8 Å². The number of cyclic esters (lactones) is 1. The lowest BCUT2D eigenvalue weighted by Gasteiger charge is -2.45. The van der Waals surface area contributed by atoms with Crippen molar-refractivity contribution in [1.29, 1.82) is 0 Å². The van der Waals surface area contributed by atoms with Gasteiger partial charge in [0, 0.05) is 12.1 Å². The van der Waals surface area contributed by atoms with E-state index in [1.807, 2.05) is 66.5 Å². The van der Waals surface area contributed by atoms with Crippen LogP contribution in [0.15, 0.2) is 54.6 Å². The summed E-state index contributed by atoms with van der Waals surface area (Å²) >= 11 is 0. The SMILES string of the molecule is CC(C)(C)CC(C)(C)N1CC=C[C@]23O[C@@]4(C)/C=C\CCCCOC(=O)[C@H]4[C@H]2C(=O)N([C@H](CO)c2ccccc2)C3C1=O. The number of nitrogens with zero attached hydrogens (tertiary/aromatic N) is 2. The number of aliphatic hydroxyl groups is 1. The Kier molecular flexibility index (Phi) is 7.94. The maximum absolute atomic E-state index is 14.9. The Morgan fingerprint density at radius 1 is 0.976 bits per heavy atom. The third-order valence-electron chi connectivity index (χ3n) is 9.32. The Hall–Kier alpha value is -2.97. The molecule has 1 aromatic rings. The average molecular weight is 579 g/mol. The first kappa shape index (κ1) is 30.5. The fraction of sp³-hybridized carbons (Fsp3) is 0.618. The number of ether oxygens (including phenoxy) is 2. The number of carbonyl (C=O) groups excluding carboxylic acids is 3. The van der Waals surface area contributed by atoms with Gasteiger partial charge in [0.2, 0.25) is 11.8 Å². The summed E-state index contributed by atoms with van der Waals surface area (Å²) < 4.78 is 12.7. The van der Waals surface area contributed by atoms with E-state index < -0.39 is 46.6 Å². The molecule has 0 radical (unpaired) electrons. The van der Waals surface area contributed by atoms with Gasteiger partial charge in [-0.15, -0.1) is 0 Å². The van der Waals surface area contributed by atoms with Crippen LogP contribution in [0, 0.1) is 17.3 Å². The van der Waals surface area contributed by atoms with Crippen LogP contribution in [0.4, 0.5) is 0 Å². The molecule has 1 unspecified atom stereocenters. The van der Waals surface area contributed by atoms with E-state index in [1.54, 1.807) is 0 Å². The number of rotatable bonds is 5. The van der Waals surface area contributed by atoms with Crippen molar-refractivity contribution in [1.82, 2.24) is 9.80 Å². The molecule has 8 nitrogen and oxygen atoms in total. The first-order valence-corrected chi connectivity index (χ1v) is 15.3. The Bertz CT molecular complexity index is 1270. The van der Waals surface area contributed by atoms with E-state index >= 15 is 0 Å². The Morgan fingerprint density at radius 2 is 1.69 bits per heavy atom. The van der Waals surface area contributed by atoms with Crippen LogP contribution in [0.3, 0.4) is 0 Å². The van der Waals surface area contributed by atoms with Crippen LogP contribution in [0.5, 0.6) is 0 Å². The van der Waals surface area contributed by atoms with Crippen LogP contribution in [0.25, 0.3) is 0 Å². The van der Waals surface area contributed by atoms with Crippen LogP contribution in [0.2, 0.25) is 0 Å². The van der Waals surface area contributed by atoms with E-state index in [9.17, 15) is 19.5 Å². The molecular formula is C34H46N2O6. The van der Waals surface area contributed by atoms with Crippen molar-refractivity contribution in [3.8, 4) is 0 Å². The monoisotopic (exact) mass is 578 g/mol. The molecule has 5 rings (SSSR count). The number of hydrogen-bond donors (Lipinski definition) is 1. The van der Waals surface area contributed by atoms with Gasteiger partial charge < -0.3 is 24.4 Å². The Balaban J connectivity index is 1.69. The molecule has 6 atom stereocenters. The number of esters is 1. The maximum atomic E-state index is 14.9. The molecule has 4 aliphatic heterocycles. The summed E-state index contributed by atoms with van der Waals surface area (Å²) in [5, 5.41) is 10.7. The second-order valence-electron chi connectivity index (χ2n) is 14.3. The molecule has 0 aliphatic carbocycles. The third kappa shape index (κ3) is 5.11. The minimum atomic E-state index is -1.42. The van der Waals surface area contributed by atoms with Crippen molar-refractivity contribution in [2.24, 2.45) is 17.3 Å². The maximum Gasteiger partial charge on any atom is 0.313 e. The zero-order valence-corrected chi connectivity index (χ0v) is 25.8. The van der Waals surface area contributed by atoms with Gasteiger partial charge in [-0.1, -0.05) is 75.4 Å². The zero-order valence-electron chi connectivity index (χ0n) is 25.8. The molecule has 42 heavy (non-hydrogen) atoms. The number of allylic oxidation sites excluding steroid dienone is 1. The zero-order chi connectivity index (χ0) is 30.5. The summed E-state index contributed by atoms with van der Waals surface area (Å²) in [4.78, 5) is 46.8. The van der Waals surface area contributed by atoms with Crippen LogP contribution in [-0.2, 0) is 23.9 Å². The fourth-order valence-electron chi connectivity index (χ4n) is 8.04. The second kappa shape index (κ2) is 10.9. The molecule has 228 valence electrons. The third-order valence-corrected chi connectivity index (χ3v) is 9.32. The number of likely N-dealkylation sites (tertiary alicyclic amines) is 1. The predicted molar refractivity (Wildman–Crippen MR) is 159 cm³/mol. The predicted octanol–water partition coefficient (Wildman–Crippen LogP) is 4.59. The summed E-state index contributed by atoms with van der Waals surface area (Å²) in [5.74, 6) is -3.06. The van der Waals surface area contributed by atoms with Gasteiger partial charge in [0.05, 0.1) is 30.8 Å². The van der Waals surface area contributed by atoms with Gasteiger partial charge in [-0.05, 0) is 57.4 Å². The number of aliphatic hydroxyl groups excluding tert-OH is 1. The van der Waals surface area contributed by atoms with E-state index in [-0.39, 0.29) is 30.4 Å². The molecular weight excluding hydrogens is 532 g/mol. The van der Waals surface area contributed by atoms with E-state index in [1.165, 1.54) is 4.90 Å². The molecule has 2 saturated heterocycles. The van der Waals surface area contributed by atoms with Crippen LogP contribution < -0.4 is 0 Å². The van der Waals surface area contributed by atoms with Gasteiger partial charge in [0.15, 0.2) is 0 Å². The highest BCUT2D eigenvalue weighted by molar-refractivity contribution is 5.99. The summed E-state index contributed by atoms with van der Waals surface area (Å²) in [7, 11) is 0. The lowest BCUT2D eigenvalue weighted by Crippen LogP contribution is -2.60. The molecule has 0 aromatic heterocycles. The summed E-state index contributed by atoms with van der Waals surface area (Å²) in [6, 6.07) is 7.38. The number of hydrogen-bond acceptors (Lipinski definition) is 6. The van der Waals surface area contributed by atoms with Crippen LogP contribution in [-0.4, -0.2) is 75.2 Å².